The quantitative estimate of drug-likeness (QED) is 0.918. The van der Waals surface area contributed by atoms with Crippen molar-refractivity contribution in [2.75, 3.05) is 6.61 Å². The van der Waals surface area contributed by atoms with Crippen LogP contribution in [0, 0.1) is 0 Å². The molecule has 1 saturated carbocycles. The van der Waals surface area contributed by atoms with Gasteiger partial charge in [-0.1, -0.05) is 0 Å². The minimum Gasteiger partial charge on any atom is -0.375 e. The molecule has 3 rings (SSSR count). The molecule has 1 saturated heterocycles. The fourth-order valence-corrected chi connectivity index (χ4v) is 4.21. The Hall–Kier alpha value is 0.1000. The van der Waals surface area contributed by atoms with E-state index in [1.807, 2.05) is 11.3 Å². The summed E-state index contributed by atoms with van der Waals surface area (Å²) in [6.45, 7) is 1.93. The predicted octanol–water partition coefficient (Wildman–Crippen LogP) is 3.70. The first-order chi connectivity index (χ1) is 8.26. The molecule has 1 atom stereocenters. The maximum absolute atomic E-state index is 5.94. The summed E-state index contributed by atoms with van der Waals surface area (Å²) >= 11 is 5.32. The van der Waals surface area contributed by atoms with E-state index in [2.05, 4.69) is 32.7 Å². The average Bonchev–Trinajstić information content (AvgIpc) is 2.71. The van der Waals surface area contributed by atoms with Gasteiger partial charge in [0.25, 0.3) is 0 Å². The fourth-order valence-electron chi connectivity index (χ4n) is 2.81. The van der Waals surface area contributed by atoms with Crippen molar-refractivity contribution in [3.05, 3.63) is 20.8 Å². The second kappa shape index (κ2) is 5.00. The Bertz CT molecular complexity index is 389. The van der Waals surface area contributed by atoms with Crippen molar-refractivity contribution in [2.45, 2.75) is 50.3 Å². The summed E-state index contributed by atoms with van der Waals surface area (Å²) in [5.41, 5.74) is 0.256. The number of hydrogen-bond acceptors (Lipinski definition) is 3. The first kappa shape index (κ1) is 12.2. The normalized spacial score (nSPS) is 27.0. The van der Waals surface area contributed by atoms with Crippen LogP contribution in [0.15, 0.2) is 15.9 Å². The first-order valence-electron chi connectivity index (χ1n) is 6.36. The summed E-state index contributed by atoms with van der Waals surface area (Å²) in [4.78, 5) is 1.41. The molecular weight excluding hydrogens is 298 g/mol. The van der Waals surface area contributed by atoms with E-state index in [1.165, 1.54) is 35.0 Å². The molecule has 0 aromatic carbocycles. The van der Waals surface area contributed by atoms with E-state index < -0.39 is 0 Å². The Morgan fingerprint density at radius 1 is 1.53 bits per heavy atom. The van der Waals surface area contributed by atoms with Gasteiger partial charge in [0.1, 0.15) is 0 Å². The van der Waals surface area contributed by atoms with Crippen LogP contribution in [0.25, 0.3) is 0 Å². The van der Waals surface area contributed by atoms with Crippen molar-refractivity contribution in [3.63, 3.8) is 0 Å². The highest BCUT2D eigenvalue weighted by Crippen LogP contribution is 2.42. The molecule has 1 N–H and O–H groups in total. The largest absolute Gasteiger partial charge is 0.375 e. The zero-order chi connectivity index (χ0) is 11.7. The highest BCUT2D eigenvalue weighted by atomic mass is 79.9. The van der Waals surface area contributed by atoms with E-state index in [-0.39, 0.29) is 5.60 Å². The molecule has 2 heterocycles. The van der Waals surface area contributed by atoms with E-state index in [9.17, 15) is 0 Å². The van der Waals surface area contributed by atoms with Gasteiger partial charge in [0.15, 0.2) is 0 Å². The zero-order valence-electron chi connectivity index (χ0n) is 9.88. The van der Waals surface area contributed by atoms with Gasteiger partial charge in [-0.2, -0.15) is 0 Å². The highest BCUT2D eigenvalue weighted by molar-refractivity contribution is 9.10. The lowest BCUT2D eigenvalue weighted by Gasteiger charge is -2.47. The van der Waals surface area contributed by atoms with Crippen LogP contribution in [0.1, 0.15) is 37.0 Å². The van der Waals surface area contributed by atoms with Crippen LogP contribution in [0.5, 0.6) is 0 Å². The Labute approximate surface area is 115 Å². The van der Waals surface area contributed by atoms with Gasteiger partial charge in [0, 0.05) is 33.9 Å². The predicted molar refractivity (Wildman–Crippen MR) is 74.4 cm³/mol. The second-order valence-corrected chi connectivity index (χ2v) is 7.10. The standard InChI is InChI=1S/C13H18BrNOS/c14-10-6-12(17-9-10)8-15-11-2-5-16-13(7-11)3-1-4-13/h6,9,11,15H,1-5,7-8H2. The molecule has 2 fully saturated rings. The van der Waals surface area contributed by atoms with E-state index in [4.69, 9.17) is 4.74 Å². The molecule has 2 aliphatic rings. The van der Waals surface area contributed by atoms with Crippen molar-refractivity contribution in [1.82, 2.24) is 5.32 Å². The van der Waals surface area contributed by atoms with Gasteiger partial charge in [-0.3, -0.25) is 0 Å². The maximum Gasteiger partial charge on any atom is 0.0697 e. The number of halogens is 1. The molecular formula is C13H18BrNOS. The maximum atomic E-state index is 5.94. The summed E-state index contributed by atoms with van der Waals surface area (Å²) in [5.74, 6) is 0. The number of ether oxygens (including phenoxy) is 1. The van der Waals surface area contributed by atoms with Crippen LogP contribution in [0.2, 0.25) is 0 Å². The zero-order valence-corrected chi connectivity index (χ0v) is 12.3. The lowest BCUT2D eigenvalue weighted by Crippen LogP contribution is -2.50. The third-order valence-corrected chi connectivity index (χ3v) is 5.64. The fraction of sp³-hybridized carbons (Fsp3) is 0.692. The van der Waals surface area contributed by atoms with Gasteiger partial charge in [0.05, 0.1) is 5.60 Å². The molecule has 0 bridgehead atoms. The van der Waals surface area contributed by atoms with E-state index in [1.54, 1.807) is 0 Å². The first-order valence-corrected chi connectivity index (χ1v) is 8.03. The van der Waals surface area contributed by atoms with Crippen molar-refractivity contribution in [1.29, 1.82) is 0 Å². The molecule has 0 amide bonds. The Balaban J connectivity index is 1.51. The van der Waals surface area contributed by atoms with Crippen molar-refractivity contribution in [3.8, 4) is 0 Å². The van der Waals surface area contributed by atoms with Crippen molar-refractivity contribution >= 4 is 27.3 Å². The molecule has 1 aromatic heterocycles. The second-order valence-electron chi connectivity index (χ2n) is 5.19. The molecule has 0 radical (unpaired) electrons. The lowest BCUT2D eigenvalue weighted by atomic mass is 9.74. The van der Waals surface area contributed by atoms with Crippen LogP contribution in [-0.2, 0) is 11.3 Å². The van der Waals surface area contributed by atoms with Gasteiger partial charge in [-0.25, -0.2) is 0 Å². The molecule has 4 heteroatoms. The molecule has 17 heavy (non-hydrogen) atoms. The van der Waals surface area contributed by atoms with Crippen LogP contribution < -0.4 is 5.32 Å². The molecule has 1 aromatic rings. The van der Waals surface area contributed by atoms with Crippen molar-refractivity contribution < 1.29 is 4.74 Å². The summed E-state index contributed by atoms with van der Waals surface area (Å²) in [5, 5.41) is 5.83. The number of rotatable bonds is 3. The molecule has 1 spiro atoms. The Morgan fingerprint density at radius 2 is 2.41 bits per heavy atom. The SMILES string of the molecule is Brc1csc(CNC2CCOC3(CCC3)C2)c1. The third-order valence-electron chi connectivity index (χ3n) is 3.94. The van der Waals surface area contributed by atoms with Crippen LogP contribution in [0.3, 0.4) is 0 Å². The smallest absolute Gasteiger partial charge is 0.0697 e. The van der Waals surface area contributed by atoms with E-state index >= 15 is 0 Å². The molecule has 2 nitrogen and oxygen atoms in total. The molecule has 94 valence electrons. The van der Waals surface area contributed by atoms with Crippen molar-refractivity contribution in [2.24, 2.45) is 0 Å². The molecule has 1 unspecified atom stereocenters. The average molecular weight is 316 g/mol. The Morgan fingerprint density at radius 3 is 3.06 bits per heavy atom. The van der Waals surface area contributed by atoms with E-state index in [0.29, 0.717) is 6.04 Å². The van der Waals surface area contributed by atoms with Gasteiger partial charge in [0.2, 0.25) is 0 Å². The van der Waals surface area contributed by atoms with Gasteiger partial charge >= 0.3 is 0 Å². The number of nitrogens with one attached hydrogen (secondary N) is 1. The minimum absolute atomic E-state index is 0.256. The Kier molecular flexibility index (Phi) is 3.57. The molecule has 1 aliphatic carbocycles. The summed E-state index contributed by atoms with van der Waals surface area (Å²) in [6, 6.07) is 2.85. The van der Waals surface area contributed by atoms with Crippen LogP contribution >= 0.6 is 27.3 Å². The monoisotopic (exact) mass is 315 g/mol. The third kappa shape index (κ3) is 2.75. The van der Waals surface area contributed by atoms with Gasteiger partial charge in [-0.05, 0) is 54.1 Å². The van der Waals surface area contributed by atoms with Crippen LogP contribution in [-0.4, -0.2) is 18.2 Å². The molecule has 1 aliphatic heterocycles. The summed E-state index contributed by atoms with van der Waals surface area (Å²) in [7, 11) is 0. The van der Waals surface area contributed by atoms with Crippen LogP contribution in [0.4, 0.5) is 0 Å². The van der Waals surface area contributed by atoms with Gasteiger partial charge < -0.3 is 10.1 Å². The van der Waals surface area contributed by atoms with Gasteiger partial charge in [-0.15, -0.1) is 11.3 Å². The lowest BCUT2D eigenvalue weighted by molar-refractivity contribution is -0.135. The number of thiophene rings is 1. The highest BCUT2D eigenvalue weighted by Gasteiger charge is 2.42. The topological polar surface area (TPSA) is 21.3 Å². The summed E-state index contributed by atoms with van der Waals surface area (Å²) in [6.07, 6.45) is 6.27. The minimum atomic E-state index is 0.256. The number of hydrogen-bond donors (Lipinski definition) is 1. The van der Waals surface area contributed by atoms with E-state index in [0.717, 1.165) is 19.6 Å². The summed E-state index contributed by atoms with van der Waals surface area (Å²) < 4.78 is 7.14.